The third-order valence-corrected chi connectivity index (χ3v) is 4.05. The Kier molecular flexibility index (Phi) is 3.63. The minimum absolute atomic E-state index is 0.517. The summed E-state index contributed by atoms with van der Waals surface area (Å²) in [5.74, 6) is 0.634. The van der Waals surface area contributed by atoms with Crippen molar-refractivity contribution in [3.63, 3.8) is 0 Å². The summed E-state index contributed by atoms with van der Waals surface area (Å²) in [5.41, 5.74) is 2.40. The molecule has 0 radical (unpaired) electrons. The highest BCUT2D eigenvalue weighted by atomic mass is 35.5. The highest BCUT2D eigenvalue weighted by Crippen LogP contribution is 2.38. The predicted molar refractivity (Wildman–Crippen MR) is 80.1 cm³/mol. The molecule has 1 aromatic carbocycles. The fraction of sp³-hybridized carbons (Fsp3) is 0.267. The first-order chi connectivity index (χ1) is 9.20. The van der Waals surface area contributed by atoms with Crippen LogP contribution in [0.25, 0.3) is 0 Å². The van der Waals surface area contributed by atoms with Crippen molar-refractivity contribution in [2.45, 2.75) is 24.8 Å². The van der Waals surface area contributed by atoms with Crippen molar-refractivity contribution in [2.24, 2.45) is 0 Å². The van der Waals surface area contributed by atoms with Crippen molar-refractivity contribution < 1.29 is 0 Å². The maximum Gasteiger partial charge on any atom is 0.129 e. The zero-order valence-electron chi connectivity index (χ0n) is 10.3. The summed E-state index contributed by atoms with van der Waals surface area (Å²) in [5, 5.41) is 4.79. The van der Waals surface area contributed by atoms with Gasteiger partial charge in [0, 0.05) is 11.1 Å². The lowest BCUT2D eigenvalue weighted by Gasteiger charge is -2.36. The normalized spacial score (nSPS) is 21.8. The molecule has 19 heavy (non-hydrogen) atoms. The molecule has 1 N–H and O–H groups in total. The number of anilines is 1. The fourth-order valence-electron chi connectivity index (χ4n) is 2.44. The lowest BCUT2D eigenvalue weighted by Crippen LogP contribution is -2.33. The van der Waals surface area contributed by atoms with E-state index in [-0.39, 0.29) is 0 Å². The van der Waals surface area contributed by atoms with Crippen molar-refractivity contribution in [1.82, 2.24) is 4.98 Å². The molecule has 0 amide bonds. The van der Waals surface area contributed by atoms with E-state index in [1.165, 1.54) is 5.56 Å². The Morgan fingerprint density at radius 3 is 2.37 bits per heavy atom. The Morgan fingerprint density at radius 2 is 1.74 bits per heavy atom. The molecule has 0 aliphatic heterocycles. The van der Waals surface area contributed by atoms with Crippen LogP contribution in [-0.4, -0.2) is 11.0 Å². The van der Waals surface area contributed by atoms with Crippen LogP contribution >= 0.6 is 23.2 Å². The van der Waals surface area contributed by atoms with Gasteiger partial charge >= 0.3 is 0 Å². The van der Waals surface area contributed by atoms with E-state index in [1.54, 1.807) is 12.3 Å². The molecule has 0 atom stereocenters. The van der Waals surface area contributed by atoms with Crippen molar-refractivity contribution in [3.05, 3.63) is 58.3 Å². The van der Waals surface area contributed by atoms with E-state index in [0.29, 0.717) is 17.1 Å². The van der Waals surface area contributed by atoms with Crippen molar-refractivity contribution in [1.29, 1.82) is 0 Å². The smallest absolute Gasteiger partial charge is 0.129 e. The second kappa shape index (κ2) is 5.40. The third kappa shape index (κ3) is 3.02. The van der Waals surface area contributed by atoms with Gasteiger partial charge < -0.3 is 5.32 Å². The predicted octanol–water partition coefficient (Wildman–Crippen LogP) is 4.75. The number of nitrogens with one attached hydrogen (secondary N) is 1. The summed E-state index contributed by atoms with van der Waals surface area (Å²) >= 11 is 11.7. The number of nitrogens with zero attached hydrogens (tertiary/aromatic N) is 1. The van der Waals surface area contributed by atoms with Crippen molar-refractivity contribution >= 4 is 28.9 Å². The molecule has 1 fully saturated rings. The van der Waals surface area contributed by atoms with Gasteiger partial charge in [-0.05, 0) is 48.6 Å². The van der Waals surface area contributed by atoms with Crippen molar-refractivity contribution in [2.75, 3.05) is 5.32 Å². The van der Waals surface area contributed by atoms with Crippen LogP contribution in [0.1, 0.15) is 24.3 Å². The minimum Gasteiger partial charge on any atom is -0.381 e. The topological polar surface area (TPSA) is 24.9 Å². The Bertz CT molecular complexity index is 545. The Labute approximate surface area is 122 Å². The number of hydrogen-bond acceptors (Lipinski definition) is 2. The lowest BCUT2D eigenvalue weighted by atomic mass is 9.76. The van der Waals surface area contributed by atoms with E-state index >= 15 is 0 Å². The van der Waals surface area contributed by atoms with Crippen LogP contribution in [0.15, 0.2) is 42.6 Å². The molecule has 2 nitrogen and oxygen atoms in total. The van der Waals surface area contributed by atoms with Gasteiger partial charge in [0.05, 0.1) is 11.9 Å². The summed E-state index contributed by atoms with van der Waals surface area (Å²) in [6.07, 6.45) is 4.06. The first kappa shape index (κ1) is 12.8. The van der Waals surface area contributed by atoms with Gasteiger partial charge in [-0.3, -0.25) is 0 Å². The van der Waals surface area contributed by atoms with Crippen LogP contribution in [0.2, 0.25) is 10.2 Å². The standard InChI is InChI=1S/C15H14Cl2N2/c16-12-3-1-10(2-4-12)11-7-14(8-11)19-13-5-6-15(17)18-9-13/h1-6,9,11,14,19H,7-8H2. The molecule has 1 heterocycles. The van der Waals surface area contributed by atoms with Crippen LogP contribution in [0, 0.1) is 0 Å². The van der Waals surface area contributed by atoms with Gasteiger partial charge in [0.2, 0.25) is 0 Å². The van der Waals surface area contributed by atoms with Crippen LogP contribution in [0.4, 0.5) is 5.69 Å². The summed E-state index contributed by atoms with van der Waals surface area (Å²) in [6.45, 7) is 0. The highest BCUT2D eigenvalue weighted by molar-refractivity contribution is 6.30. The molecular weight excluding hydrogens is 279 g/mol. The molecule has 3 rings (SSSR count). The summed E-state index contributed by atoms with van der Waals surface area (Å²) < 4.78 is 0. The molecule has 0 unspecified atom stereocenters. The van der Waals surface area contributed by atoms with Gasteiger partial charge in [-0.1, -0.05) is 35.3 Å². The Balaban J connectivity index is 1.55. The minimum atomic E-state index is 0.517. The van der Waals surface area contributed by atoms with Gasteiger partial charge in [-0.15, -0.1) is 0 Å². The lowest BCUT2D eigenvalue weighted by molar-refractivity contribution is 0.374. The van der Waals surface area contributed by atoms with Gasteiger partial charge in [0.25, 0.3) is 0 Å². The third-order valence-electron chi connectivity index (χ3n) is 3.58. The van der Waals surface area contributed by atoms with Crippen molar-refractivity contribution in [3.8, 4) is 0 Å². The molecule has 1 aliphatic rings. The molecule has 0 saturated heterocycles. The fourth-order valence-corrected chi connectivity index (χ4v) is 2.68. The first-order valence-corrected chi connectivity index (χ1v) is 7.10. The zero-order chi connectivity index (χ0) is 13.2. The number of pyridine rings is 1. The largest absolute Gasteiger partial charge is 0.381 e. The number of aromatic nitrogens is 1. The summed E-state index contributed by atoms with van der Waals surface area (Å²) in [4.78, 5) is 4.07. The quantitative estimate of drug-likeness (QED) is 0.826. The summed E-state index contributed by atoms with van der Waals surface area (Å²) in [6, 6.07) is 12.4. The molecule has 0 bridgehead atoms. The second-order valence-corrected chi connectivity index (χ2v) is 5.75. The van der Waals surface area contributed by atoms with Gasteiger partial charge in [-0.2, -0.15) is 0 Å². The Hall–Kier alpha value is -1.25. The molecule has 1 aliphatic carbocycles. The van der Waals surface area contributed by atoms with Crippen LogP contribution < -0.4 is 5.32 Å². The number of benzene rings is 1. The number of halogens is 2. The molecule has 1 saturated carbocycles. The second-order valence-electron chi connectivity index (χ2n) is 4.93. The molecule has 1 aromatic heterocycles. The molecular formula is C15H14Cl2N2. The average Bonchev–Trinajstić information content (AvgIpc) is 2.37. The van der Waals surface area contributed by atoms with E-state index in [1.807, 2.05) is 18.2 Å². The van der Waals surface area contributed by atoms with E-state index in [0.717, 1.165) is 23.6 Å². The van der Waals surface area contributed by atoms with Gasteiger partial charge in [0.1, 0.15) is 5.15 Å². The Morgan fingerprint density at radius 1 is 1.00 bits per heavy atom. The SMILES string of the molecule is Clc1ccc(C2CC(Nc3ccc(Cl)nc3)C2)cc1. The average molecular weight is 293 g/mol. The highest BCUT2D eigenvalue weighted by Gasteiger charge is 2.30. The molecule has 98 valence electrons. The monoisotopic (exact) mass is 292 g/mol. The molecule has 4 heteroatoms. The molecule has 0 spiro atoms. The van der Waals surface area contributed by atoms with E-state index in [2.05, 4.69) is 22.4 Å². The van der Waals surface area contributed by atoms with Gasteiger partial charge in [-0.25, -0.2) is 4.98 Å². The van der Waals surface area contributed by atoms with Crippen LogP contribution in [0.3, 0.4) is 0 Å². The zero-order valence-corrected chi connectivity index (χ0v) is 11.8. The maximum absolute atomic E-state index is 5.90. The first-order valence-electron chi connectivity index (χ1n) is 6.34. The van der Waals surface area contributed by atoms with Crippen LogP contribution in [-0.2, 0) is 0 Å². The summed E-state index contributed by atoms with van der Waals surface area (Å²) in [7, 11) is 0. The van der Waals surface area contributed by atoms with E-state index in [4.69, 9.17) is 23.2 Å². The van der Waals surface area contributed by atoms with E-state index < -0.39 is 0 Å². The van der Waals surface area contributed by atoms with Crippen LogP contribution in [0.5, 0.6) is 0 Å². The number of hydrogen-bond donors (Lipinski definition) is 1. The maximum atomic E-state index is 5.90. The van der Waals surface area contributed by atoms with E-state index in [9.17, 15) is 0 Å². The van der Waals surface area contributed by atoms with Gasteiger partial charge in [0.15, 0.2) is 0 Å². The molecule has 2 aromatic rings. The number of rotatable bonds is 3.